The summed E-state index contributed by atoms with van der Waals surface area (Å²) < 4.78 is 32.8. The van der Waals surface area contributed by atoms with Gasteiger partial charge in [0.2, 0.25) is 10.4 Å². The minimum atomic E-state index is -4.92. The number of unbranched alkanes of at least 4 members (excludes halogenated alkanes) is 1. The summed E-state index contributed by atoms with van der Waals surface area (Å²) in [6.45, 7) is 2.98. The molecule has 8 heteroatoms. The van der Waals surface area contributed by atoms with Gasteiger partial charge < -0.3 is 15.8 Å². The largest absolute Gasteiger partial charge is 1.00 e. The second-order valence-electron chi connectivity index (χ2n) is 1.57. The van der Waals surface area contributed by atoms with Crippen molar-refractivity contribution in [2.75, 3.05) is 6.54 Å². The zero-order valence-corrected chi connectivity index (χ0v) is 10.1. The van der Waals surface area contributed by atoms with Crippen molar-refractivity contribution in [2.45, 2.75) is 19.8 Å². The smallest absolute Gasteiger partial charge is 0.726 e. The minimum Gasteiger partial charge on any atom is -0.726 e. The summed E-state index contributed by atoms with van der Waals surface area (Å²) in [4.78, 5) is 0. The standard InChI is InChI=1S/C4H11N.Na.H2O4S.H2O/c1-2-3-4-5;;1-5(2,3)4;/h2-5H2,1H3;;(H2,1,2,3,4);1H2/q;+1;;/p-1. The Labute approximate surface area is 94.7 Å². The molecule has 0 spiro atoms. The van der Waals surface area contributed by atoms with Crippen LogP contribution < -0.4 is 35.3 Å². The third kappa shape index (κ3) is 133. The van der Waals surface area contributed by atoms with Crippen LogP contribution in [0.25, 0.3) is 0 Å². The Kier molecular flexibility index (Phi) is 27.5. The van der Waals surface area contributed by atoms with Crippen LogP contribution in [0, 0.1) is 0 Å². The van der Waals surface area contributed by atoms with Crippen LogP contribution in [-0.2, 0) is 10.4 Å². The van der Waals surface area contributed by atoms with Crippen molar-refractivity contribution in [3.05, 3.63) is 0 Å². The first kappa shape index (κ1) is 23.0. The number of hydrogen-bond donors (Lipinski definition) is 2. The topological polar surface area (TPSA) is 135 Å². The van der Waals surface area contributed by atoms with E-state index in [2.05, 4.69) is 6.92 Å². The number of hydrogen-bond acceptors (Lipinski definition) is 4. The van der Waals surface area contributed by atoms with E-state index in [1.54, 1.807) is 0 Å². The Bertz CT molecular complexity index is 138. The molecular weight excluding hydrogens is 197 g/mol. The molecule has 0 aliphatic carbocycles. The monoisotopic (exact) mass is 211 g/mol. The Morgan fingerprint density at radius 1 is 1.50 bits per heavy atom. The van der Waals surface area contributed by atoms with Crippen molar-refractivity contribution in [1.29, 1.82) is 0 Å². The fourth-order valence-corrected chi connectivity index (χ4v) is 0.204. The van der Waals surface area contributed by atoms with Gasteiger partial charge >= 0.3 is 29.6 Å². The molecule has 0 aliphatic rings. The van der Waals surface area contributed by atoms with Gasteiger partial charge in [-0.3, -0.25) is 4.55 Å². The third-order valence-corrected chi connectivity index (χ3v) is 0.558. The quantitative estimate of drug-likeness (QED) is 0.272. The molecule has 0 aromatic carbocycles. The fraction of sp³-hybridized carbons (Fsp3) is 1.00. The molecule has 0 aromatic rings. The van der Waals surface area contributed by atoms with Gasteiger partial charge in [0, 0.05) is 0 Å². The molecule has 12 heavy (non-hydrogen) atoms. The number of nitrogens with two attached hydrogens (primary N) is 1. The summed E-state index contributed by atoms with van der Waals surface area (Å²) in [6.07, 6.45) is 2.39. The van der Waals surface area contributed by atoms with E-state index < -0.39 is 10.4 Å². The van der Waals surface area contributed by atoms with E-state index >= 15 is 0 Å². The maximum Gasteiger partial charge on any atom is 1.00 e. The van der Waals surface area contributed by atoms with E-state index in [4.69, 9.17) is 23.3 Å². The van der Waals surface area contributed by atoms with E-state index in [-0.39, 0.29) is 35.0 Å². The van der Waals surface area contributed by atoms with Crippen molar-refractivity contribution >= 4 is 10.4 Å². The summed E-state index contributed by atoms with van der Waals surface area (Å²) in [5.74, 6) is 0. The van der Waals surface area contributed by atoms with Crippen molar-refractivity contribution in [2.24, 2.45) is 5.73 Å². The summed E-state index contributed by atoms with van der Waals surface area (Å²) in [7, 11) is -4.92. The molecule has 0 fully saturated rings. The normalized spacial score (nSPS) is 8.33. The maximum atomic E-state index is 8.63. The molecule has 72 valence electrons. The van der Waals surface area contributed by atoms with Crippen LogP contribution in [0.5, 0.6) is 0 Å². The molecule has 0 atom stereocenters. The van der Waals surface area contributed by atoms with Gasteiger partial charge in [0.1, 0.15) is 0 Å². The zero-order chi connectivity index (χ0) is 8.62. The Hall–Kier alpha value is 0.790. The predicted octanol–water partition coefficient (Wildman–Crippen LogP) is -4.07. The Morgan fingerprint density at radius 3 is 1.75 bits per heavy atom. The van der Waals surface area contributed by atoms with E-state index in [1.165, 1.54) is 12.8 Å². The molecule has 0 radical (unpaired) electrons. The van der Waals surface area contributed by atoms with Crippen LogP contribution >= 0.6 is 0 Å². The molecule has 0 aromatic heterocycles. The van der Waals surface area contributed by atoms with Crippen LogP contribution in [0.2, 0.25) is 0 Å². The van der Waals surface area contributed by atoms with Gasteiger partial charge in [-0.25, -0.2) is 8.42 Å². The summed E-state index contributed by atoms with van der Waals surface area (Å²) in [5, 5.41) is 0. The van der Waals surface area contributed by atoms with Gasteiger partial charge in [-0.05, 0) is 13.0 Å². The zero-order valence-electron chi connectivity index (χ0n) is 7.28. The summed E-state index contributed by atoms with van der Waals surface area (Å²) in [5.41, 5.74) is 5.14. The molecule has 0 heterocycles. The van der Waals surface area contributed by atoms with E-state index in [9.17, 15) is 0 Å². The molecule has 6 nitrogen and oxygen atoms in total. The first-order valence-corrected chi connectivity index (χ1v) is 4.16. The van der Waals surface area contributed by atoms with E-state index in [0.717, 1.165) is 6.54 Å². The van der Waals surface area contributed by atoms with Crippen molar-refractivity contribution in [3.63, 3.8) is 0 Å². The Balaban J connectivity index is -0.0000000457. The predicted molar refractivity (Wildman–Crippen MR) is 39.9 cm³/mol. The van der Waals surface area contributed by atoms with E-state index in [0.29, 0.717) is 0 Å². The third-order valence-electron chi connectivity index (χ3n) is 0.558. The first-order chi connectivity index (χ1) is 4.41. The number of rotatable bonds is 2. The second kappa shape index (κ2) is 14.3. The van der Waals surface area contributed by atoms with E-state index in [1.807, 2.05) is 0 Å². The van der Waals surface area contributed by atoms with Crippen LogP contribution in [0.3, 0.4) is 0 Å². The summed E-state index contributed by atoms with van der Waals surface area (Å²) in [6, 6.07) is 0. The van der Waals surface area contributed by atoms with Gasteiger partial charge in [0.05, 0.1) is 0 Å². The Morgan fingerprint density at radius 2 is 1.75 bits per heavy atom. The maximum absolute atomic E-state index is 8.63. The molecule has 0 bridgehead atoms. The van der Waals surface area contributed by atoms with Gasteiger partial charge in [-0.1, -0.05) is 13.3 Å². The molecule has 0 unspecified atom stereocenters. The van der Waals surface area contributed by atoms with Crippen LogP contribution in [-0.4, -0.2) is 29.5 Å². The SMILES string of the molecule is CCCCN.O.O=S(=O)([O-])O.[Na+]. The second-order valence-corrected chi connectivity index (χ2v) is 2.43. The fourth-order valence-electron chi connectivity index (χ4n) is 0.204. The van der Waals surface area contributed by atoms with Gasteiger partial charge in [0.15, 0.2) is 0 Å². The molecule has 0 amide bonds. The van der Waals surface area contributed by atoms with Gasteiger partial charge in [-0.2, -0.15) is 0 Å². The van der Waals surface area contributed by atoms with Gasteiger partial charge in [0.25, 0.3) is 0 Å². The van der Waals surface area contributed by atoms with Gasteiger partial charge in [-0.15, -0.1) is 0 Å². The molecule has 0 rings (SSSR count). The average molecular weight is 211 g/mol. The first-order valence-electron chi connectivity index (χ1n) is 2.80. The van der Waals surface area contributed by atoms with Crippen molar-refractivity contribution in [1.82, 2.24) is 0 Å². The molecule has 0 saturated carbocycles. The molecule has 0 saturated heterocycles. The molecule has 5 N–H and O–H groups in total. The minimum absolute atomic E-state index is 0. The van der Waals surface area contributed by atoms with Crippen molar-refractivity contribution < 1.29 is 52.6 Å². The summed E-state index contributed by atoms with van der Waals surface area (Å²) >= 11 is 0. The van der Waals surface area contributed by atoms with Crippen LogP contribution in [0.15, 0.2) is 0 Å². The average Bonchev–Trinajstić information content (AvgIpc) is 1.63. The molecule has 0 aliphatic heterocycles. The molecular formula is C4H14NNaO5S. The van der Waals surface area contributed by atoms with Crippen LogP contribution in [0.4, 0.5) is 0 Å². The van der Waals surface area contributed by atoms with Crippen LogP contribution in [0.1, 0.15) is 19.8 Å². The van der Waals surface area contributed by atoms with Crippen molar-refractivity contribution in [3.8, 4) is 0 Å².